The first-order chi connectivity index (χ1) is 13.5. The first kappa shape index (κ1) is 18.1. The highest BCUT2D eigenvalue weighted by atomic mass is 19.2. The molecule has 1 fully saturated rings. The Balaban J connectivity index is 1.48. The van der Waals surface area contributed by atoms with Gasteiger partial charge in [0, 0.05) is 44.1 Å². The lowest BCUT2D eigenvalue weighted by atomic mass is 10.1. The van der Waals surface area contributed by atoms with Crippen molar-refractivity contribution in [1.29, 1.82) is 0 Å². The molecule has 0 unspecified atom stereocenters. The van der Waals surface area contributed by atoms with E-state index in [0.29, 0.717) is 37.8 Å². The van der Waals surface area contributed by atoms with Crippen LogP contribution in [0, 0.1) is 17.5 Å². The van der Waals surface area contributed by atoms with E-state index in [0.717, 1.165) is 12.1 Å². The highest BCUT2D eigenvalue weighted by Crippen LogP contribution is 2.22. The summed E-state index contributed by atoms with van der Waals surface area (Å²) in [6, 6.07) is 9.57. The topological polar surface area (TPSA) is 41.4 Å². The summed E-state index contributed by atoms with van der Waals surface area (Å²) < 4.78 is 42.3. The molecule has 2 aromatic carbocycles. The summed E-state index contributed by atoms with van der Waals surface area (Å²) in [6.07, 6.45) is 3.28. The van der Waals surface area contributed by atoms with Gasteiger partial charge in [-0.15, -0.1) is 0 Å². The van der Waals surface area contributed by atoms with Crippen LogP contribution in [0.15, 0.2) is 54.9 Å². The van der Waals surface area contributed by atoms with Crippen LogP contribution in [0.5, 0.6) is 0 Å². The molecule has 0 saturated carbocycles. The number of carbonyl (C=O) groups is 1. The fraction of sp³-hybridized carbons (Fsp3) is 0.200. The Kier molecular flexibility index (Phi) is 4.77. The van der Waals surface area contributed by atoms with Crippen LogP contribution in [-0.2, 0) is 0 Å². The van der Waals surface area contributed by atoms with Gasteiger partial charge in [-0.2, -0.15) is 0 Å². The zero-order valence-corrected chi connectivity index (χ0v) is 14.9. The largest absolute Gasteiger partial charge is 0.338 e. The van der Waals surface area contributed by atoms with Crippen LogP contribution in [0.3, 0.4) is 0 Å². The van der Waals surface area contributed by atoms with E-state index in [9.17, 15) is 18.0 Å². The second kappa shape index (κ2) is 7.38. The lowest BCUT2D eigenvalue weighted by Gasteiger charge is -2.35. The number of halogens is 3. The van der Waals surface area contributed by atoms with Crippen molar-refractivity contribution in [2.45, 2.75) is 0 Å². The molecule has 3 aromatic rings. The molecule has 0 radical (unpaired) electrons. The van der Waals surface area contributed by atoms with Crippen molar-refractivity contribution in [3.8, 4) is 5.69 Å². The van der Waals surface area contributed by atoms with Crippen molar-refractivity contribution in [3.05, 3.63) is 77.9 Å². The van der Waals surface area contributed by atoms with Crippen molar-refractivity contribution < 1.29 is 18.0 Å². The molecular formula is C20H17F3N4O. The van der Waals surface area contributed by atoms with Crippen molar-refractivity contribution in [3.63, 3.8) is 0 Å². The van der Waals surface area contributed by atoms with Gasteiger partial charge in [0.25, 0.3) is 5.91 Å². The molecule has 2 heterocycles. The monoisotopic (exact) mass is 386 g/mol. The number of carbonyl (C=O) groups excluding carboxylic acids is 1. The molecule has 0 spiro atoms. The molecular weight excluding hydrogens is 369 g/mol. The zero-order chi connectivity index (χ0) is 19.7. The van der Waals surface area contributed by atoms with Crippen LogP contribution >= 0.6 is 0 Å². The van der Waals surface area contributed by atoms with E-state index >= 15 is 0 Å². The predicted octanol–water partition coefficient (Wildman–Crippen LogP) is 3.25. The van der Waals surface area contributed by atoms with Crippen LogP contribution in [0.4, 0.5) is 19.1 Å². The predicted molar refractivity (Wildman–Crippen MR) is 98.0 cm³/mol. The molecule has 0 bridgehead atoms. The summed E-state index contributed by atoms with van der Waals surface area (Å²) >= 11 is 0. The average molecular weight is 386 g/mol. The Morgan fingerprint density at radius 2 is 1.64 bits per heavy atom. The number of rotatable bonds is 3. The van der Waals surface area contributed by atoms with Crippen LogP contribution in [0.1, 0.15) is 10.4 Å². The fourth-order valence-electron chi connectivity index (χ4n) is 3.29. The van der Waals surface area contributed by atoms with E-state index in [1.165, 1.54) is 12.1 Å². The third-order valence-electron chi connectivity index (χ3n) is 4.75. The number of hydrogen-bond acceptors (Lipinski definition) is 3. The SMILES string of the molecule is O=C(c1ccc(F)c(F)c1)N1CCN(c2nccn2-c2ccccc2F)CC1. The van der Waals surface area contributed by atoms with E-state index in [-0.39, 0.29) is 17.3 Å². The molecule has 4 rings (SSSR count). The molecule has 0 atom stereocenters. The van der Waals surface area contributed by atoms with Gasteiger partial charge in [-0.25, -0.2) is 18.2 Å². The highest BCUT2D eigenvalue weighted by molar-refractivity contribution is 5.94. The number of aromatic nitrogens is 2. The smallest absolute Gasteiger partial charge is 0.254 e. The second-order valence-corrected chi connectivity index (χ2v) is 6.46. The molecule has 5 nitrogen and oxygen atoms in total. The van der Waals surface area contributed by atoms with E-state index < -0.39 is 11.6 Å². The number of piperazine rings is 1. The number of hydrogen-bond donors (Lipinski definition) is 0. The van der Waals surface area contributed by atoms with Gasteiger partial charge in [0.05, 0.1) is 5.69 Å². The summed E-state index contributed by atoms with van der Waals surface area (Å²) in [4.78, 5) is 20.4. The molecule has 1 saturated heterocycles. The summed E-state index contributed by atoms with van der Waals surface area (Å²) in [5.74, 6) is -2.15. The molecule has 8 heteroatoms. The van der Waals surface area contributed by atoms with Gasteiger partial charge in [0.1, 0.15) is 5.82 Å². The van der Waals surface area contributed by atoms with Crippen LogP contribution < -0.4 is 4.90 Å². The van der Waals surface area contributed by atoms with Gasteiger partial charge in [-0.3, -0.25) is 9.36 Å². The average Bonchev–Trinajstić information content (AvgIpc) is 3.19. The minimum atomic E-state index is -1.04. The fourth-order valence-corrected chi connectivity index (χ4v) is 3.29. The summed E-state index contributed by atoms with van der Waals surface area (Å²) in [5.41, 5.74) is 0.510. The van der Waals surface area contributed by atoms with E-state index in [2.05, 4.69) is 4.98 Å². The Bertz CT molecular complexity index is 1010. The maximum atomic E-state index is 14.1. The molecule has 0 N–H and O–H groups in total. The summed E-state index contributed by atoms with van der Waals surface area (Å²) in [5, 5.41) is 0. The lowest BCUT2D eigenvalue weighted by molar-refractivity contribution is 0.0745. The first-order valence-electron chi connectivity index (χ1n) is 8.82. The first-order valence-corrected chi connectivity index (χ1v) is 8.82. The van der Waals surface area contributed by atoms with E-state index in [1.54, 1.807) is 40.1 Å². The maximum absolute atomic E-state index is 14.1. The van der Waals surface area contributed by atoms with Crippen molar-refractivity contribution in [1.82, 2.24) is 14.5 Å². The quantitative estimate of drug-likeness (QED) is 0.694. The van der Waals surface area contributed by atoms with Gasteiger partial charge < -0.3 is 9.80 Å². The van der Waals surface area contributed by atoms with Crippen LogP contribution in [-0.4, -0.2) is 46.5 Å². The van der Waals surface area contributed by atoms with Gasteiger partial charge >= 0.3 is 0 Å². The zero-order valence-electron chi connectivity index (χ0n) is 14.9. The minimum Gasteiger partial charge on any atom is -0.338 e. The van der Waals surface area contributed by atoms with Crippen LogP contribution in [0.2, 0.25) is 0 Å². The Hall–Kier alpha value is -3.29. The molecule has 28 heavy (non-hydrogen) atoms. The molecule has 1 aliphatic rings. The van der Waals surface area contributed by atoms with Crippen LogP contribution in [0.25, 0.3) is 5.69 Å². The molecule has 1 amide bonds. The van der Waals surface area contributed by atoms with Crippen molar-refractivity contribution >= 4 is 11.9 Å². The second-order valence-electron chi connectivity index (χ2n) is 6.46. The maximum Gasteiger partial charge on any atom is 0.254 e. The number of amides is 1. The van der Waals surface area contributed by atoms with Gasteiger partial charge in [-0.05, 0) is 30.3 Å². The highest BCUT2D eigenvalue weighted by Gasteiger charge is 2.25. The molecule has 1 aromatic heterocycles. The molecule has 0 aliphatic carbocycles. The Morgan fingerprint density at radius 3 is 2.36 bits per heavy atom. The summed E-state index contributed by atoms with van der Waals surface area (Å²) in [7, 11) is 0. The van der Waals surface area contributed by atoms with Gasteiger partial charge in [-0.1, -0.05) is 12.1 Å². The van der Waals surface area contributed by atoms with Crippen molar-refractivity contribution in [2.75, 3.05) is 31.1 Å². The van der Waals surface area contributed by atoms with Gasteiger partial charge in [0.15, 0.2) is 11.6 Å². The van der Waals surface area contributed by atoms with Crippen molar-refractivity contribution in [2.24, 2.45) is 0 Å². The third-order valence-corrected chi connectivity index (χ3v) is 4.75. The van der Waals surface area contributed by atoms with E-state index in [4.69, 9.17) is 0 Å². The minimum absolute atomic E-state index is 0.111. The lowest BCUT2D eigenvalue weighted by Crippen LogP contribution is -2.49. The standard InChI is InChI=1S/C20H17F3N4O/c21-15-6-5-14(13-17(15)23)19(28)25-9-11-26(12-10-25)20-24-7-8-27(20)18-4-2-1-3-16(18)22/h1-8,13H,9-12H2. The number of nitrogens with zero attached hydrogens (tertiary/aromatic N) is 4. The number of anilines is 1. The number of benzene rings is 2. The van der Waals surface area contributed by atoms with Gasteiger partial charge in [0.2, 0.25) is 5.95 Å². The number of para-hydroxylation sites is 1. The van der Waals surface area contributed by atoms with E-state index in [1.807, 2.05) is 4.90 Å². The third kappa shape index (κ3) is 3.33. The Labute approximate surface area is 159 Å². The molecule has 1 aliphatic heterocycles. The Morgan fingerprint density at radius 1 is 0.893 bits per heavy atom. The number of imidazole rings is 1. The summed E-state index contributed by atoms with van der Waals surface area (Å²) in [6.45, 7) is 1.76. The molecule has 144 valence electrons. The normalized spacial score (nSPS) is 14.4.